The number of aryl methyl sites for hydroxylation is 2. The van der Waals surface area contributed by atoms with Crippen molar-refractivity contribution in [1.29, 1.82) is 0 Å². The number of aromatic nitrogens is 4. The van der Waals surface area contributed by atoms with Gasteiger partial charge in [-0.3, -0.25) is 4.79 Å². The maximum atomic E-state index is 12.4. The van der Waals surface area contributed by atoms with Gasteiger partial charge in [-0.05, 0) is 50.2 Å². The molecule has 3 heterocycles. The molecule has 8 heteroatoms. The van der Waals surface area contributed by atoms with Crippen LogP contribution < -0.4 is 10.1 Å². The van der Waals surface area contributed by atoms with Gasteiger partial charge in [0, 0.05) is 24.1 Å². The number of benzene rings is 1. The van der Waals surface area contributed by atoms with Crippen molar-refractivity contribution in [3.05, 3.63) is 78.2 Å². The van der Waals surface area contributed by atoms with Gasteiger partial charge in [0.15, 0.2) is 0 Å². The van der Waals surface area contributed by atoms with Gasteiger partial charge in [0.2, 0.25) is 5.88 Å². The number of ether oxygens (including phenoxy) is 1. The fourth-order valence-corrected chi connectivity index (χ4v) is 2.74. The lowest BCUT2D eigenvalue weighted by Gasteiger charge is -2.08. The molecule has 1 amide bonds. The van der Waals surface area contributed by atoms with Crippen molar-refractivity contribution in [2.75, 3.05) is 5.32 Å². The van der Waals surface area contributed by atoms with Gasteiger partial charge in [-0.25, -0.2) is 9.97 Å². The highest BCUT2D eigenvalue weighted by molar-refractivity contribution is 6.05. The minimum Gasteiger partial charge on any atom is -0.439 e. The van der Waals surface area contributed by atoms with E-state index in [1.54, 1.807) is 44.2 Å². The molecule has 0 unspecified atom stereocenters. The van der Waals surface area contributed by atoms with Crippen molar-refractivity contribution in [3.8, 4) is 17.4 Å². The predicted molar refractivity (Wildman–Crippen MR) is 102 cm³/mol. The second-order valence-corrected chi connectivity index (χ2v) is 6.08. The number of rotatable bonds is 5. The van der Waals surface area contributed by atoms with E-state index >= 15 is 0 Å². The molecule has 0 radical (unpaired) electrons. The lowest BCUT2D eigenvalue weighted by Crippen LogP contribution is -2.13. The highest BCUT2D eigenvalue weighted by atomic mass is 16.5. The van der Waals surface area contributed by atoms with Crippen LogP contribution in [0.2, 0.25) is 0 Å². The topological polar surface area (TPSA) is 95.1 Å². The predicted octanol–water partition coefficient (Wildman–Crippen LogP) is 3.92. The number of carbonyl (C=O) groups excluding carboxylic acids is 1. The lowest BCUT2D eigenvalue weighted by molar-refractivity contribution is 0.102. The Morgan fingerprint density at radius 2 is 1.86 bits per heavy atom. The van der Waals surface area contributed by atoms with E-state index in [4.69, 9.17) is 9.26 Å². The second kappa shape index (κ2) is 7.36. The zero-order chi connectivity index (χ0) is 19.5. The van der Waals surface area contributed by atoms with Crippen LogP contribution in [0.15, 0.2) is 65.7 Å². The molecule has 0 spiro atoms. The molecule has 0 saturated heterocycles. The Labute approximate surface area is 160 Å². The van der Waals surface area contributed by atoms with Gasteiger partial charge in [0.25, 0.3) is 5.91 Å². The quantitative estimate of drug-likeness (QED) is 0.568. The van der Waals surface area contributed by atoms with E-state index in [0.29, 0.717) is 40.2 Å². The standard InChI is InChI=1S/C20H17N5O3/c1-13-19(14(2)28-24-13)20(26)23-15-5-7-16(8-6-15)27-18-11-17(21-12-22-18)25-9-3-4-10-25/h3-12H,1-2H3,(H,23,26). The van der Waals surface area contributed by atoms with E-state index in [2.05, 4.69) is 20.4 Å². The van der Waals surface area contributed by atoms with Crippen LogP contribution in [-0.4, -0.2) is 25.6 Å². The number of amides is 1. The van der Waals surface area contributed by atoms with Gasteiger partial charge in [0.05, 0.1) is 5.69 Å². The van der Waals surface area contributed by atoms with Crippen molar-refractivity contribution in [1.82, 2.24) is 19.7 Å². The second-order valence-electron chi connectivity index (χ2n) is 6.08. The van der Waals surface area contributed by atoms with E-state index in [1.807, 2.05) is 29.1 Å². The Bertz CT molecular complexity index is 1080. The summed E-state index contributed by atoms with van der Waals surface area (Å²) in [4.78, 5) is 20.7. The molecule has 0 atom stereocenters. The first-order chi connectivity index (χ1) is 13.6. The summed E-state index contributed by atoms with van der Waals surface area (Å²) >= 11 is 0. The third-order valence-corrected chi connectivity index (χ3v) is 4.09. The number of anilines is 1. The summed E-state index contributed by atoms with van der Waals surface area (Å²) in [7, 11) is 0. The largest absolute Gasteiger partial charge is 0.439 e. The normalized spacial score (nSPS) is 10.6. The third kappa shape index (κ3) is 3.61. The fourth-order valence-electron chi connectivity index (χ4n) is 2.74. The Kier molecular flexibility index (Phi) is 4.59. The molecule has 8 nitrogen and oxygen atoms in total. The van der Waals surface area contributed by atoms with Gasteiger partial charge in [-0.15, -0.1) is 0 Å². The molecule has 140 valence electrons. The van der Waals surface area contributed by atoms with Gasteiger partial charge >= 0.3 is 0 Å². The summed E-state index contributed by atoms with van der Waals surface area (Å²) in [6, 6.07) is 12.6. The van der Waals surface area contributed by atoms with Gasteiger partial charge in [-0.2, -0.15) is 0 Å². The number of hydrogen-bond donors (Lipinski definition) is 1. The average molecular weight is 375 g/mol. The molecule has 1 aromatic carbocycles. The van der Waals surface area contributed by atoms with Crippen molar-refractivity contribution >= 4 is 11.6 Å². The van der Waals surface area contributed by atoms with E-state index in [-0.39, 0.29) is 5.91 Å². The lowest BCUT2D eigenvalue weighted by atomic mass is 10.2. The Hall–Kier alpha value is -3.94. The Balaban J connectivity index is 1.45. The van der Waals surface area contributed by atoms with Gasteiger partial charge in [-0.1, -0.05) is 5.16 Å². The molecule has 4 rings (SSSR count). The Morgan fingerprint density at radius 3 is 2.54 bits per heavy atom. The van der Waals surface area contributed by atoms with Crippen LogP contribution in [0.5, 0.6) is 11.6 Å². The van der Waals surface area contributed by atoms with Crippen LogP contribution >= 0.6 is 0 Å². The van der Waals surface area contributed by atoms with Crippen LogP contribution in [-0.2, 0) is 0 Å². The summed E-state index contributed by atoms with van der Waals surface area (Å²) in [6.45, 7) is 3.43. The smallest absolute Gasteiger partial charge is 0.261 e. The zero-order valence-electron chi connectivity index (χ0n) is 15.3. The van der Waals surface area contributed by atoms with Gasteiger partial charge in [0.1, 0.15) is 29.2 Å². The fraction of sp³-hybridized carbons (Fsp3) is 0.100. The summed E-state index contributed by atoms with van der Waals surface area (Å²) in [5.41, 5.74) is 1.63. The monoisotopic (exact) mass is 375 g/mol. The highest BCUT2D eigenvalue weighted by Crippen LogP contribution is 2.23. The van der Waals surface area contributed by atoms with Crippen molar-refractivity contribution < 1.29 is 14.1 Å². The minimum absolute atomic E-state index is 0.267. The minimum atomic E-state index is -0.267. The molecule has 4 aromatic rings. The third-order valence-electron chi connectivity index (χ3n) is 4.09. The van der Waals surface area contributed by atoms with Crippen LogP contribution in [0.25, 0.3) is 5.82 Å². The van der Waals surface area contributed by atoms with Crippen LogP contribution in [0.4, 0.5) is 5.69 Å². The van der Waals surface area contributed by atoms with Crippen molar-refractivity contribution in [2.45, 2.75) is 13.8 Å². The number of nitrogens with zero attached hydrogens (tertiary/aromatic N) is 4. The molecule has 0 fully saturated rings. The van der Waals surface area contributed by atoms with E-state index in [1.165, 1.54) is 6.33 Å². The number of hydrogen-bond acceptors (Lipinski definition) is 6. The van der Waals surface area contributed by atoms with E-state index in [9.17, 15) is 4.79 Å². The molecular formula is C20H17N5O3. The van der Waals surface area contributed by atoms with Crippen LogP contribution in [0, 0.1) is 13.8 Å². The van der Waals surface area contributed by atoms with E-state index < -0.39 is 0 Å². The molecule has 0 saturated carbocycles. The number of carbonyl (C=O) groups is 1. The summed E-state index contributed by atoms with van der Waals surface area (Å²) in [6.07, 6.45) is 5.23. The summed E-state index contributed by atoms with van der Waals surface area (Å²) < 4.78 is 12.7. The SMILES string of the molecule is Cc1noc(C)c1C(=O)Nc1ccc(Oc2cc(-n3cccc3)ncn2)cc1. The van der Waals surface area contributed by atoms with Crippen molar-refractivity contribution in [2.24, 2.45) is 0 Å². The Morgan fingerprint density at radius 1 is 1.11 bits per heavy atom. The molecule has 0 bridgehead atoms. The van der Waals surface area contributed by atoms with Gasteiger partial charge < -0.3 is 19.1 Å². The number of nitrogens with one attached hydrogen (secondary N) is 1. The first-order valence-electron chi connectivity index (χ1n) is 8.58. The van der Waals surface area contributed by atoms with Crippen molar-refractivity contribution in [3.63, 3.8) is 0 Å². The maximum Gasteiger partial charge on any atom is 0.261 e. The zero-order valence-corrected chi connectivity index (χ0v) is 15.3. The summed E-state index contributed by atoms with van der Waals surface area (Å²) in [5, 5.41) is 6.62. The molecule has 3 aromatic heterocycles. The molecule has 1 N–H and O–H groups in total. The molecule has 0 aliphatic rings. The maximum absolute atomic E-state index is 12.4. The highest BCUT2D eigenvalue weighted by Gasteiger charge is 2.17. The summed E-state index contributed by atoms with van der Waals surface area (Å²) in [5.74, 6) is 1.94. The molecule has 0 aliphatic carbocycles. The van der Waals surface area contributed by atoms with Crippen LogP contribution in [0.1, 0.15) is 21.8 Å². The molecule has 0 aliphatic heterocycles. The van der Waals surface area contributed by atoms with E-state index in [0.717, 1.165) is 0 Å². The average Bonchev–Trinajstić information content (AvgIpc) is 3.34. The molecular weight excluding hydrogens is 358 g/mol. The first kappa shape index (κ1) is 17.5. The first-order valence-corrected chi connectivity index (χ1v) is 8.58. The van der Waals surface area contributed by atoms with Crippen LogP contribution in [0.3, 0.4) is 0 Å². The molecule has 28 heavy (non-hydrogen) atoms.